The van der Waals surface area contributed by atoms with Gasteiger partial charge in [-0.1, -0.05) is 133 Å². The van der Waals surface area contributed by atoms with Gasteiger partial charge in [0, 0.05) is 33.3 Å². The molecule has 0 aliphatic heterocycles. The molecule has 0 fully saturated rings. The zero-order chi connectivity index (χ0) is 35.2. The van der Waals surface area contributed by atoms with E-state index in [-0.39, 0.29) is 0 Å². The van der Waals surface area contributed by atoms with E-state index in [0.29, 0.717) is 0 Å². The molecule has 0 saturated carbocycles. The number of hydrogen-bond acceptors (Lipinski definition) is 3. The van der Waals surface area contributed by atoms with E-state index in [1.807, 2.05) is 0 Å². The van der Waals surface area contributed by atoms with Crippen LogP contribution in [0.1, 0.15) is 11.1 Å². The molecule has 11 rings (SSSR count). The Bertz CT molecular complexity index is 2900. The second kappa shape index (κ2) is 11.3. The van der Waals surface area contributed by atoms with Crippen LogP contribution in [0.25, 0.3) is 64.6 Å². The van der Waals surface area contributed by atoms with Gasteiger partial charge in [-0.05, 0) is 104 Å². The Hall–Kier alpha value is -6.84. The molecule has 0 saturated heterocycles. The number of benzene rings is 10. The Balaban J connectivity index is 1.18. The SMILES string of the molecule is Cc1c(N(c2ccccc2)c2ccc3ccc4cccc5ccc2c3c45)oc(N(c2ccccc2)c2ccc3ccc4cccc5ccc2c3c45)c1C. The van der Waals surface area contributed by atoms with E-state index in [4.69, 9.17) is 4.42 Å². The second-order valence-electron chi connectivity index (χ2n) is 14.2. The molecule has 53 heavy (non-hydrogen) atoms. The second-order valence-corrected chi connectivity index (χ2v) is 14.2. The fraction of sp³-hybridized carbons (Fsp3) is 0.0400. The fourth-order valence-corrected chi connectivity index (χ4v) is 8.71. The number of furan rings is 1. The first kappa shape index (κ1) is 29.8. The summed E-state index contributed by atoms with van der Waals surface area (Å²) in [4.78, 5) is 4.62. The average molecular weight is 679 g/mol. The minimum absolute atomic E-state index is 0.803. The summed E-state index contributed by atoms with van der Waals surface area (Å²) in [6.45, 7) is 4.38. The van der Waals surface area contributed by atoms with Crippen molar-refractivity contribution >= 4 is 99.2 Å². The monoisotopic (exact) mass is 678 g/mol. The van der Waals surface area contributed by atoms with E-state index in [1.54, 1.807) is 0 Å². The molecule has 0 unspecified atom stereocenters. The molecule has 0 aliphatic carbocycles. The molecule has 250 valence electrons. The summed E-state index contributed by atoms with van der Waals surface area (Å²) >= 11 is 0. The van der Waals surface area contributed by atoms with E-state index >= 15 is 0 Å². The fourth-order valence-electron chi connectivity index (χ4n) is 8.71. The van der Waals surface area contributed by atoms with Gasteiger partial charge >= 0.3 is 0 Å². The first-order valence-corrected chi connectivity index (χ1v) is 18.3. The number of rotatable bonds is 6. The molecule has 0 radical (unpaired) electrons. The highest BCUT2D eigenvalue weighted by atomic mass is 16.4. The molecule has 0 spiro atoms. The third kappa shape index (κ3) is 4.34. The van der Waals surface area contributed by atoms with E-state index in [0.717, 1.165) is 45.6 Å². The molecule has 11 aromatic rings. The molecule has 10 aromatic carbocycles. The highest BCUT2D eigenvalue weighted by Crippen LogP contribution is 2.51. The lowest BCUT2D eigenvalue weighted by molar-refractivity contribution is 0.577. The van der Waals surface area contributed by atoms with Crippen molar-refractivity contribution in [3.05, 3.63) is 181 Å². The van der Waals surface area contributed by atoms with Crippen molar-refractivity contribution < 1.29 is 4.42 Å². The van der Waals surface area contributed by atoms with Gasteiger partial charge in [-0.15, -0.1) is 0 Å². The van der Waals surface area contributed by atoms with E-state index in [2.05, 4.69) is 194 Å². The zero-order valence-electron chi connectivity index (χ0n) is 29.5. The summed E-state index contributed by atoms with van der Waals surface area (Å²) in [5.41, 5.74) is 6.43. The quantitative estimate of drug-likeness (QED) is 0.163. The Morgan fingerprint density at radius 3 is 1.06 bits per heavy atom. The minimum Gasteiger partial charge on any atom is -0.423 e. The van der Waals surface area contributed by atoms with Crippen LogP contribution in [0.15, 0.2) is 174 Å². The number of nitrogens with zero attached hydrogens (tertiary/aromatic N) is 2. The van der Waals surface area contributed by atoms with Gasteiger partial charge in [-0.2, -0.15) is 0 Å². The molecule has 0 aliphatic rings. The van der Waals surface area contributed by atoms with Gasteiger partial charge < -0.3 is 4.42 Å². The van der Waals surface area contributed by atoms with Crippen LogP contribution in [0.5, 0.6) is 0 Å². The van der Waals surface area contributed by atoms with Crippen molar-refractivity contribution in [3.63, 3.8) is 0 Å². The Kier molecular flexibility index (Phi) is 6.38. The van der Waals surface area contributed by atoms with Gasteiger partial charge in [0.15, 0.2) is 0 Å². The van der Waals surface area contributed by atoms with E-state index in [1.165, 1.54) is 64.6 Å². The highest BCUT2D eigenvalue weighted by molar-refractivity contribution is 6.27. The Morgan fingerprint density at radius 2 is 0.660 bits per heavy atom. The van der Waals surface area contributed by atoms with Crippen molar-refractivity contribution in [2.45, 2.75) is 13.8 Å². The van der Waals surface area contributed by atoms with Crippen LogP contribution in [-0.4, -0.2) is 0 Å². The lowest BCUT2D eigenvalue weighted by atomic mass is 9.93. The van der Waals surface area contributed by atoms with Crippen LogP contribution in [0.2, 0.25) is 0 Å². The molecule has 0 bridgehead atoms. The maximum Gasteiger partial charge on any atom is 0.210 e. The summed E-state index contributed by atoms with van der Waals surface area (Å²) in [5, 5.41) is 15.0. The van der Waals surface area contributed by atoms with Gasteiger partial charge in [-0.25, -0.2) is 0 Å². The zero-order valence-corrected chi connectivity index (χ0v) is 29.5. The predicted molar refractivity (Wildman–Crippen MR) is 225 cm³/mol. The van der Waals surface area contributed by atoms with E-state index in [9.17, 15) is 0 Å². The Labute approximate surface area is 307 Å². The number of anilines is 6. The van der Waals surface area contributed by atoms with Crippen molar-refractivity contribution in [1.29, 1.82) is 0 Å². The van der Waals surface area contributed by atoms with Crippen molar-refractivity contribution in [3.8, 4) is 0 Å². The largest absolute Gasteiger partial charge is 0.423 e. The standard InChI is InChI=1S/C50H34N2O/c1-31-32(2)50(52(40-17-7-4-8-18-40)44-30-26-38-22-20-34-12-10-14-36-24-28-42(44)48(38)46(34)36)53-49(31)51(39-15-5-3-6-16-39)43-29-25-37-21-19-33-11-9-13-35-23-27-41(43)47(37)45(33)35/h3-30H,1-2H3. The topological polar surface area (TPSA) is 19.6 Å². The predicted octanol–water partition coefficient (Wildman–Crippen LogP) is 14.6. The molecule has 1 heterocycles. The summed E-state index contributed by atoms with van der Waals surface area (Å²) in [7, 11) is 0. The summed E-state index contributed by atoms with van der Waals surface area (Å²) in [6.07, 6.45) is 0. The first-order chi connectivity index (χ1) is 26.1. The molecule has 0 atom stereocenters. The molecule has 3 heteroatoms. The molecule has 1 aromatic heterocycles. The van der Waals surface area contributed by atoms with Crippen LogP contribution in [0, 0.1) is 13.8 Å². The van der Waals surface area contributed by atoms with Crippen LogP contribution in [-0.2, 0) is 0 Å². The van der Waals surface area contributed by atoms with Crippen molar-refractivity contribution in [1.82, 2.24) is 0 Å². The maximum atomic E-state index is 7.32. The van der Waals surface area contributed by atoms with Crippen molar-refractivity contribution in [2.24, 2.45) is 0 Å². The van der Waals surface area contributed by atoms with Crippen LogP contribution >= 0.6 is 0 Å². The van der Waals surface area contributed by atoms with Gasteiger partial charge in [0.05, 0.1) is 11.4 Å². The lowest BCUT2D eigenvalue weighted by Crippen LogP contribution is -2.12. The molecule has 0 amide bonds. The number of hydrogen-bond donors (Lipinski definition) is 0. The van der Waals surface area contributed by atoms with Crippen LogP contribution in [0.4, 0.5) is 34.5 Å². The summed E-state index contributed by atoms with van der Waals surface area (Å²) in [6, 6.07) is 61.5. The molecule has 3 nitrogen and oxygen atoms in total. The smallest absolute Gasteiger partial charge is 0.210 e. The van der Waals surface area contributed by atoms with Gasteiger partial charge in [-0.3, -0.25) is 9.80 Å². The average Bonchev–Trinajstić information content (AvgIpc) is 3.50. The maximum absolute atomic E-state index is 7.32. The first-order valence-electron chi connectivity index (χ1n) is 18.3. The van der Waals surface area contributed by atoms with Gasteiger partial charge in [0.2, 0.25) is 11.8 Å². The lowest BCUT2D eigenvalue weighted by Gasteiger charge is -2.27. The van der Waals surface area contributed by atoms with Crippen LogP contribution in [0.3, 0.4) is 0 Å². The minimum atomic E-state index is 0.803. The third-order valence-electron chi connectivity index (χ3n) is 11.3. The summed E-state index contributed by atoms with van der Waals surface area (Å²) < 4.78 is 7.32. The van der Waals surface area contributed by atoms with Crippen molar-refractivity contribution in [2.75, 3.05) is 9.80 Å². The highest BCUT2D eigenvalue weighted by Gasteiger charge is 2.29. The summed E-state index contributed by atoms with van der Waals surface area (Å²) in [5.74, 6) is 1.61. The van der Waals surface area contributed by atoms with Crippen LogP contribution < -0.4 is 9.80 Å². The third-order valence-corrected chi connectivity index (χ3v) is 11.3. The Morgan fingerprint density at radius 1 is 0.321 bits per heavy atom. The molecular formula is C50H34N2O. The van der Waals surface area contributed by atoms with Gasteiger partial charge in [0.1, 0.15) is 0 Å². The molecule has 0 N–H and O–H groups in total. The normalized spacial score (nSPS) is 12.0. The van der Waals surface area contributed by atoms with Gasteiger partial charge in [0.25, 0.3) is 0 Å². The van der Waals surface area contributed by atoms with E-state index < -0.39 is 0 Å². The molecular weight excluding hydrogens is 645 g/mol. The number of para-hydroxylation sites is 2.